The minimum atomic E-state index is 0.275. The zero-order valence-electron chi connectivity index (χ0n) is 9.70. The van der Waals surface area contributed by atoms with Crippen LogP contribution in [0.1, 0.15) is 19.8 Å². The quantitative estimate of drug-likeness (QED) is 0.723. The SMILES string of the molecule is CCC(CC#N)NCC1CN(C)CCO1. The Hall–Kier alpha value is -0.630. The van der Waals surface area contributed by atoms with Crippen molar-refractivity contribution in [2.24, 2.45) is 0 Å². The third kappa shape index (κ3) is 4.61. The lowest BCUT2D eigenvalue weighted by Gasteiger charge is -2.31. The minimum absolute atomic E-state index is 0.275. The molecule has 1 fully saturated rings. The normalized spacial score (nSPS) is 24.7. The summed E-state index contributed by atoms with van der Waals surface area (Å²) in [6.07, 6.45) is 1.85. The van der Waals surface area contributed by atoms with Crippen molar-refractivity contribution >= 4 is 0 Å². The van der Waals surface area contributed by atoms with Gasteiger partial charge < -0.3 is 15.0 Å². The zero-order chi connectivity index (χ0) is 11.1. The molecule has 86 valence electrons. The molecule has 0 amide bonds. The molecule has 2 atom stereocenters. The van der Waals surface area contributed by atoms with E-state index >= 15 is 0 Å². The van der Waals surface area contributed by atoms with E-state index in [2.05, 4.69) is 30.3 Å². The standard InChI is InChI=1S/C11H21N3O/c1-3-10(4-5-12)13-8-11-9-14(2)6-7-15-11/h10-11,13H,3-4,6-9H2,1-2H3. The van der Waals surface area contributed by atoms with Gasteiger partial charge in [0.25, 0.3) is 0 Å². The van der Waals surface area contributed by atoms with Gasteiger partial charge in [-0.1, -0.05) is 6.92 Å². The molecule has 1 rings (SSSR count). The van der Waals surface area contributed by atoms with Gasteiger partial charge >= 0.3 is 0 Å². The summed E-state index contributed by atoms with van der Waals surface area (Å²) >= 11 is 0. The molecule has 0 spiro atoms. The van der Waals surface area contributed by atoms with Gasteiger partial charge in [0.15, 0.2) is 0 Å². The van der Waals surface area contributed by atoms with E-state index < -0.39 is 0 Å². The molecule has 0 bridgehead atoms. The maximum atomic E-state index is 8.62. The van der Waals surface area contributed by atoms with Crippen LogP contribution in [0.15, 0.2) is 0 Å². The van der Waals surface area contributed by atoms with Crippen molar-refractivity contribution in [2.45, 2.75) is 31.9 Å². The molecule has 0 aromatic heterocycles. The van der Waals surface area contributed by atoms with Gasteiger partial charge in [0.2, 0.25) is 0 Å². The summed E-state index contributed by atoms with van der Waals surface area (Å²) < 4.78 is 5.63. The molecule has 0 aliphatic carbocycles. The van der Waals surface area contributed by atoms with Crippen LogP contribution < -0.4 is 5.32 Å². The fourth-order valence-electron chi connectivity index (χ4n) is 1.76. The Morgan fingerprint density at radius 2 is 2.47 bits per heavy atom. The van der Waals surface area contributed by atoms with Crippen molar-refractivity contribution in [3.05, 3.63) is 0 Å². The minimum Gasteiger partial charge on any atom is -0.374 e. The highest BCUT2D eigenvalue weighted by Gasteiger charge is 2.18. The van der Waals surface area contributed by atoms with E-state index in [1.165, 1.54) is 0 Å². The third-order valence-corrected chi connectivity index (χ3v) is 2.81. The van der Waals surface area contributed by atoms with E-state index in [9.17, 15) is 0 Å². The number of ether oxygens (including phenoxy) is 1. The van der Waals surface area contributed by atoms with E-state index in [1.54, 1.807) is 0 Å². The maximum absolute atomic E-state index is 8.62. The summed E-state index contributed by atoms with van der Waals surface area (Å²) in [4.78, 5) is 2.28. The smallest absolute Gasteiger partial charge is 0.0826 e. The van der Waals surface area contributed by atoms with Crippen LogP contribution in [-0.2, 0) is 4.74 Å². The Kier molecular flexibility index (Phi) is 5.62. The summed E-state index contributed by atoms with van der Waals surface area (Å²) in [5.41, 5.74) is 0. The molecule has 0 aromatic rings. The summed E-state index contributed by atoms with van der Waals surface area (Å²) in [6.45, 7) is 5.77. The molecule has 1 aliphatic heterocycles. The first-order valence-electron chi connectivity index (χ1n) is 5.66. The van der Waals surface area contributed by atoms with Crippen LogP contribution in [0.3, 0.4) is 0 Å². The highest BCUT2D eigenvalue weighted by atomic mass is 16.5. The molecule has 15 heavy (non-hydrogen) atoms. The second-order valence-corrected chi connectivity index (χ2v) is 4.13. The van der Waals surface area contributed by atoms with Crippen molar-refractivity contribution < 1.29 is 4.74 Å². The van der Waals surface area contributed by atoms with Crippen LogP contribution in [0.25, 0.3) is 0 Å². The highest BCUT2D eigenvalue weighted by Crippen LogP contribution is 2.03. The number of rotatable bonds is 5. The van der Waals surface area contributed by atoms with Crippen molar-refractivity contribution in [1.82, 2.24) is 10.2 Å². The van der Waals surface area contributed by atoms with E-state index in [0.29, 0.717) is 12.5 Å². The number of nitrogens with one attached hydrogen (secondary N) is 1. The lowest BCUT2D eigenvalue weighted by molar-refractivity contribution is -0.0192. The number of hydrogen-bond acceptors (Lipinski definition) is 4. The topological polar surface area (TPSA) is 48.3 Å². The van der Waals surface area contributed by atoms with Crippen molar-refractivity contribution in [1.29, 1.82) is 5.26 Å². The molecule has 0 radical (unpaired) electrons. The number of nitriles is 1. The molecule has 4 heteroatoms. The lowest BCUT2D eigenvalue weighted by atomic mass is 10.1. The first kappa shape index (κ1) is 12.4. The lowest BCUT2D eigenvalue weighted by Crippen LogP contribution is -2.46. The number of morpholine rings is 1. The Morgan fingerprint density at radius 3 is 3.07 bits per heavy atom. The molecule has 0 aromatic carbocycles. The van der Waals surface area contributed by atoms with E-state index in [-0.39, 0.29) is 6.10 Å². The van der Waals surface area contributed by atoms with Crippen LogP contribution in [0.5, 0.6) is 0 Å². The predicted octanol–water partition coefficient (Wildman–Crippen LogP) is 0.599. The maximum Gasteiger partial charge on any atom is 0.0826 e. The summed E-state index contributed by atoms with van der Waals surface area (Å²) in [5.74, 6) is 0. The van der Waals surface area contributed by atoms with Crippen LogP contribution >= 0.6 is 0 Å². The molecule has 1 saturated heterocycles. The van der Waals surface area contributed by atoms with Crippen LogP contribution in [0, 0.1) is 11.3 Å². The molecular formula is C11H21N3O. The second kappa shape index (κ2) is 6.78. The predicted molar refractivity (Wildman–Crippen MR) is 59.5 cm³/mol. The Balaban J connectivity index is 2.20. The largest absolute Gasteiger partial charge is 0.374 e. The van der Waals surface area contributed by atoms with E-state index in [0.717, 1.165) is 32.7 Å². The molecule has 1 aliphatic rings. The van der Waals surface area contributed by atoms with Crippen molar-refractivity contribution in [3.63, 3.8) is 0 Å². The van der Waals surface area contributed by atoms with Gasteiger partial charge in [-0.2, -0.15) is 5.26 Å². The first-order chi connectivity index (χ1) is 7.26. The van der Waals surface area contributed by atoms with Crippen molar-refractivity contribution in [3.8, 4) is 6.07 Å². The van der Waals surface area contributed by atoms with Gasteiger partial charge in [-0.15, -0.1) is 0 Å². The van der Waals surface area contributed by atoms with E-state index in [1.807, 2.05) is 0 Å². The Labute approximate surface area is 92.2 Å². The third-order valence-electron chi connectivity index (χ3n) is 2.81. The zero-order valence-corrected chi connectivity index (χ0v) is 9.70. The van der Waals surface area contributed by atoms with Gasteiger partial charge in [-0.25, -0.2) is 0 Å². The molecule has 0 saturated carbocycles. The molecule has 4 nitrogen and oxygen atoms in total. The molecule has 1 heterocycles. The summed E-state index contributed by atoms with van der Waals surface area (Å²) in [6, 6.07) is 2.51. The molecular weight excluding hydrogens is 190 g/mol. The Bertz CT molecular complexity index is 214. The van der Waals surface area contributed by atoms with Gasteiger partial charge in [-0.3, -0.25) is 0 Å². The average molecular weight is 211 g/mol. The second-order valence-electron chi connectivity index (χ2n) is 4.13. The molecule has 2 unspecified atom stereocenters. The van der Waals surface area contributed by atoms with Crippen molar-refractivity contribution in [2.75, 3.05) is 33.3 Å². The van der Waals surface area contributed by atoms with Gasteiger partial charge in [0, 0.05) is 25.7 Å². The van der Waals surface area contributed by atoms with Gasteiger partial charge in [0.05, 0.1) is 25.2 Å². The Morgan fingerprint density at radius 1 is 1.67 bits per heavy atom. The van der Waals surface area contributed by atoms with Crippen LogP contribution in [-0.4, -0.2) is 50.3 Å². The fourth-order valence-corrected chi connectivity index (χ4v) is 1.76. The first-order valence-corrected chi connectivity index (χ1v) is 5.66. The van der Waals surface area contributed by atoms with Gasteiger partial charge in [0.1, 0.15) is 0 Å². The van der Waals surface area contributed by atoms with Crippen LogP contribution in [0.2, 0.25) is 0 Å². The summed E-state index contributed by atoms with van der Waals surface area (Å²) in [7, 11) is 2.11. The number of likely N-dealkylation sites (N-methyl/N-ethyl adjacent to an activating group) is 1. The monoisotopic (exact) mass is 211 g/mol. The van der Waals surface area contributed by atoms with E-state index in [4.69, 9.17) is 10.00 Å². The average Bonchev–Trinajstić information content (AvgIpc) is 2.24. The van der Waals surface area contributed by atoms with Gasteiger partial charge in [-0.05, 0) is 13.5 Å². The molecule has 1 N–H and O–H groups in total. The highest BCUT2D eigenvalue weighted by molar-refractivity contribution is 4.81. The number of nitrogens with zero attached hydrogens (tertiary/aromatic N) is 2. The summed E-state index contributed by atoms with van der Waals surface area (Å²) in [5, 5.41) is 12.0. The number of hydrogen-bond donors (Lipinski definition) is 1. The van der Waals surface area contributed by atoms with Crippen LogP contribution in [0.4, 0.5) is 0 Å². The fraction of sp³-hybridized carbons (Fsp3) is 0.909.